The molecule has 2 aromatic rings. The maximum atomic E-state index is 13.3. The van der Waals surface area contributed by atoms with Gasteiger partial charge >= 0.3 is 6.18 Å². The minimum atomic E-state index is -4.57. The van der Waals surface area contributed by atoms with Crippen molar-refractivity contribution in [3.05, 3.63) is 46.0 Å². The van der Waals surface area contributed by atoms with Crippen molar-refractivity contribution in [3.63, 3.8) is 0 Å². The molecule has 0 aromatic carbocycles. The number of nitrogens with zero attached hydrogens (tertiary/aromatic N) is 4. The Kier molecular flexibility index (Phi) is 5.84. The maximum absolute atomic E-state index is 13.3. The Morgan fingerprint density at radius 1 is 1.38 bits per heavy atom. The number of amides is 1. The van der Waals surface area contributed by atoms with Gasteiger partial charge in [-0.3, -0.25) is 14.5 Å². The second kappa shape index (κ2) is 7.89. The summed E-state index contributed by atoms with van der Waals surface area (Å²) in [6, 6.07) is 0.148. The van der Waals surface area contributed by atoms with E-state index in [0.717, 1.165) is 10.7 Å². The molecule has 1 fully saturated rings. The van der Waals surface area contributed by atoms with Gasteiger partial charge in [0.05, 0.1) is 21.8 Å². The minimum Gasteiger partial charge on any atom is -0.332 e. The second-order valence-electron chi connectivity index (χ2n) is 7.05. The quantitative estimate of drug-likeness (QED) is 0.619. The molecular formula is C18H18ClF5N4O. The molecular weight excluding hydrogens is 419 g/mol. The van der Waals surface area contributed by atoms with Crippen molar-refractivity contribution in [2.24, 2.45) is 7.05 Å². The minimum absolute atomic E-state index is 0.0868. The van der Waals surface area contributed by atoms with Gasteiger partial charge in [0.25, 0.3) is 12.3 Å². The van der Waals surface area contributed by atoms with Crippen molar-refractivity contribution in [1.82, 2.24) is 19.7 Å². The predicted molar refractivity (Wildman–Crippen MR) is 94.8 cm³/mol. The van der Waals surface area contributed by atoms with Crippen molar-refractivity contribution < 1.29 is 26.7 Å². The molecule has 2 heterocycles. The summed E-state index contributed by atoms with van der Waals surface area (Å²) in [6.07, 6.45) is -4.02. The average molecular weight is 437 g/mol. The molecule has 0 bridgehead atoms. The van der Waals surface area contributed by atoms with Crippen LogP contribution in [-0.2, 0) is 19.6 Å². The Bertz CT molecular complexity index is 910. The SMILES string of the molecule is CC(Cc1ncc(C(F)(F)F)cc1Cl)N(C(=O)c1cn(C)nc1C(F)F)C1CC1. The van der Waals surface area contributed by atoms with Crippen LogP contribution in [-0.4, -0.2) is 37.7 Å². The Morgan fingerprint density at radius 3 is 2.55 bits per heavy atom. The van der Waals surface area contributed by atoms with Gasteiger partial charge in [0.1, 0.15) is 5.69 Å². The third-order valence-corrected chi connectivity index (χ3v) is 5.00. The number of hydrogen-bond acceptors (Lipinski definition) is 3. The summed E-state index contributed by atoms with van der Waals surface area (Å²) in [7, 11) is 1.44. The zero-order chi connectivity index (χ0) is 21.5. The van der Waals surface area contributed by atoms with E-state index in [9.17, 15) is 26.7 Å². The fraction of sp³-hybridized carbons (Fsp3) is 0.500. The van der Waals surface area contributed by atoms with Gasteiger partial charge in [-0.1, -0.05) is 11.6 Å². The summed E-state index contributed by atoms with van der Waals surface area (Å²) < 4.78 is 66.0. The Balaban J connectivity index is 1.84. The van der Waals surface area contributed by atoms with Gasteiger partial charge in [-0.25, -0.2) is 8.78 Å². The Morgan fingerprint density at radius 2 is 2.03 bits per heavy atom. The zero-order valence-electron chi connectivity index (χ0n) is 15.6. The number of carbonyl (C=O) groups is 1. The van der Waals surface area contributed by atoms with Gasteiger partial charge in [0, 0.05) is 37.9 Å². The molecule has 1 saturated carbocycles. The first-order chi connectivity index (χ1) is 13.5. The molecule has 1 aliphatic rings. The molecule has 29 heavy (non-hydrogen) atoms. The first-order valence-corrected chi connectivity index (χ1v) is 9.22. The standard InChI is InChI=1S/C18H18ClF5N4O/c1-9(5-14-13(19)6-10(7-25-14)18(22,23)24)28(11-3-4-11)17(29)12-8-27(2)26-15(12)16(20)21/h6-9,11,16H,3-5H2,1-2H3. The van der Waals surface area contributed by atoms with Crippen LogP contribution in [0.1, 0.15) is 53.5 Å². The second-order valence-corrected chi connectivity index (χ2v) is 7.46. The number of hydrogen-bond donors (Lipinski definition) is 0. The average Bonchev–Trinajstić information content (AvgIpc) is 3.35. The van der Waals surface area contributed by atoms with Crippen LogP contribution in [0.3, 0.4) is 0 Å². The first-order valence-electron chi connectivity index (χ1n) is 8.85. The molecule has 0 N–H and O–H groups in total. The van der Waals surface area contributed by atoms with E-state index in [1.165, 1.54) is 18.1 Å². The highest BCUT2D eigenvalue weighted by Crippen LogP contribution is 2.34. The van der Waals surface area contributed by atoms with E-state index in [2.05, 4.69) is 10.1 Å². The highest BCUT2D eigenvalue weighted by Gasteiger charge is 2.39. The number of alkyl halides is 5. The van der Waals surface area contributed by atoms with Crippen molar-refractivity contribution in [2.75, 3.05) is 0 Å². The van der Waals surface area contributed by atoms with Gasteiger partial charge in [-0.2, -0.15) is 18.3 Å². The topological polar surface area (TPSA) is 51.0 Å². The van der Waals surface area contributed by atoms with Crippen LogP contribution in [0, 0.1) is 0 Å². The molecule has 5 nitrogen and oxygen atoms in total. The molecule has 1 amide bonds. The normalized spacial score (nSPS) is 15.6. The smallest absolute Gasteiger partial charge is 0.332 e. The highest BCUT2D eigenvalue weighted by molar-refractivity contribution is 6.31. The molecule has 0 saturated heterocycles. The summed E-state index contributed by atoms with van der Waals surface area (Å²) in [4.78, 5) is 18.3. The van der Waals surface area contributed by atoms with Crippen LogP contribution in [0.15, 0.2) is 18.5 Å². The lowest BCUT2D eigenvalue weighted by Crippen LogP contribution is -2.42. The molecule has 0 spiro atoms. The number of aromatic nitrogens is 3. The summed E-state index contributed by atoms with van der Waals surface area (Å²) >= 11 is 5.97. The summed E-state index contributed by atoms with van der Waals surface area (Å²) in [5.41, 5.74) is -1.55. The molecule has 11 heteroatoms. The lowest BCUT2D eigenvalue weighted by Gasteiger charge is -2.29. The van der Waals surface area contributed by atoms with Crippen LogP contribution in [0.2, 0.25) is 5.02 Å². The largest absolute Gasteiger partial charge is 0.417 e. The van der Waals surface area contributed by atoms with E-state index in [1.54, 1.807) is 6.92 Å². The maximum Gasteiger partial charge on any atom is 0.417 e. The number of halogens is 6. The molecule has 158 valence electrons. The summed E-state index contributed by atoms with van der Waals surface area (Å²) in [5.74, 6) is -0.591. The molecule has 0 radical (unpaired) electrons. The highest BCUT2D eigenvalue weighted by atomic mass is 35.5. The number of pyridine rings is 1. The Hall–Kier alpha value is -2.23. The predicted octanol–water partition coefficient (Wildman–Crippen LogP) is 4.66. The van der Waals surface area contributed by atoms with Crippen molar-refractivity contribution in [1.29, 1.82) is 0 Å². The summed E-state index contributed by atoms with van der Waals surface area (Å²) in [5, 5.41) is 3.50. The van der Waals surface area contributed by atoms with E-state index in [1.807, 2.05) is 0 Å². The van der Waals surface area contributed by atoms with Gasteiger partial charge < -0.3 is 4.90 Å². The van der Waals surface area contributed by atoms with Crippen molar-refractivity contribution >= 4 is 17.5 Å². The lowest BCUT2D eigenvalue weighted by atomic mass is 10.1. The van der Waals surface area contributed by atoms with Crippen LogP contribution < -0.4 is 0 Å². The van der Waals surface area contributed by atoms with Crippen LogP contribution in [0.5, 0.6) is 0 Å². The van der Waals surface area contributed by atoms with Gasteiger partial charge in [-0.05, 0) is 25.8 Å². The fourth-order valence-electron chi connectivity index (χ4n) is 3.20. The zero-order valence-corrected chi connectivity index (χ0v) is 16.3. The number of aryl methyl sites for hydroxylation is 1. The molecule has 3 rings (SSSR count). The molecule has 1 atom stereocenters. The van der Waals surface area contributed by atoms with E-state index < -0.39 is 35.8 Å². The van der Waals surface area contributed by atoms with Crippen molar-refractivity contribution in [3.8, 4) is 0 Å². The number of carbonyl (C=O) groups excluding carboxylic acids is 1. The van der Waals surface area contributed by atoms with E-state index in [0.29, 0.717) is 19.0 Å². The van der Waals surface area contributed by atoms with Gasteiger partial charge in [0.2, 0.25) is 0 Å². The van der Waals surface area contributed by atoms with Gasteiger partial charge in [-0.15, -0.1) is 0 Å². The van der Waals surface area contributed by atoms with Gasteiger partial charge in [0.15, 0.2) is 0 Å². The monoisotopic (exact) mass is 436 g/mol. The van der Waals surface area contributed by atoms with E-state index >= 15 is 0 Å². The van der Waals surface area contributed by atoms with Crippen LogP contribution >= 0.6 is 11.6 Å². The molecule has 1 aliphatic carbocycles. The Labute approximate surface area is 168 Å². The molecule has 1 unspecified atom stereocenters. The third-order valence-electron chi connectivity index (χ3n) is 4.68. The van der Waals surface area contributed by atoms with Crippen molar-refractivity contribution in [2.45, 2.75) is 50.9 Å². The first kappa shape index (κ1) is 21.5. The fourth-order valence-corrected chi connectivity index (χ4v) is 3.44. The number of rotatable bonds is 6. The molecule has 0 aliphatic heterocycles. The summed E-state index contributed by atoms with van der Waals surface area (Å²) in [6.45, 7) is 1.68. The van der Waals surface area contributed by atoms with Crippen LogP contribution in [0.25, 0.3) is 0 Å². The molecule has 2 aromatic heterocycles. The van der Waals surface area contributed by atoms with E-state index in [4.69, 9.17) is 11.6 Å². The third kappa shape index (κ3) is 4.68. The lowest BCUT2D eigenvalue weighted by molar-refractivity contribution is -0.137. The van der Waals surface area contributed by atoms with Crippen LogP contribution in [0.4, 0.5) is 22.0 Å². The van der Waals surface area contributed by atoms with E-state index in [-0.39, 0.29) is 28.7 Å².